The molecule has 15 nitrogen and oxygen atoms in total. The summed E-state index contributed by atoms with van der Waals surface area (Å²) in [4.78, 5) is 72.4. The van der Waals surface area contributed by atoms with Gasteiger partial charge in [0.15, 0.2) is 0 Å². The van der Waals surface area contributed by atoms with Crippen molar-refractivity contribution in [2.24, 2.45) is 34.5 Å². The minimum Gasteiger partial charge on any atom is -0.458 e. The minimum atomic E-state index is -0.855. The molecule has 0 aromatic heterocycles. The predicted octanol–water partition coefficient (Wildman–Crippen LogP) is 6.73. The summed E-state index contributed by atoms with van der Waals surface area (Å²) in [5.74, 6) is -2.72. The molecule has 5 saturated carbocycles. The number of carbonyl (C=O) groups is 3. The number of carbonyl (C=O) groups excluding carboxylic acids is 3. The van der Waals surface area contributed by atoms with Crippen LogP contribution in [-0.4, -0.2) is 51.0 Å². The molecule has 0 radical (unpaired) electrons. The highest BCUT2D eigenvalue weighted by atomic mass is 16.6. The van der Waals surface area contributed by atoms with Crippen LogP contribution in [-0.2, 0) is 14.2 Å². The Morgan fingerprint density at radius 3 is 1.33 bits per heavy atom. The Morgan fingerprint density at radius 1 is 0.569 bits per heavy atom. The molecule has 5 aliphatic rings. The number of fused-ring (bicyclic) bond motifs is 5. The Hall–Kier alpha value is -5.73. The molecule has 0 amide bonds. The van der Waals surface area contributed by atoms with E-state index >= 15 is 0 Å². The van der Waals surface area contributed by atoms with Gasteiger partial charge < -0.3 is 14.2 Å². The molecular formula is C36H35N3O12. The van der Waals surface area contributed by atoms with Crippen molar-refractivity contribution in [2.75, 3.05) is 0 Å². The molecule has 0 saturated heterocycles. The fourth-order valence-corrected chi connectivity index (χ4v) is 8.94. The van der Waals surface area contributed by atoms with E-state index in [9.17, 15) is 44.7 Å². The van der Waals surface area contributed by atoms with Crippen molar-refractivity contribution in [1.29, 1.82) is 0 Å². The molecule has 5 fully saturated rings. The Labute approximate surface area is 291 Å². The topological polar surface area (TPSA) is 208 Å². The van der Waals surface area contributed by atoms with E-state index in [1.165, 1.54) is 72.8 Å². The zero-order chi connectivity index (χ0) is 37.0. The summed E-state index contributed by atoms with van der Waals surface area (Å²) in [5, 5.41) is 33.5. The van der Waals surface area contributed by atoms with Crippen LogP contribution >= 0.6 is 0 Å². The lowest BCUT2D eigenvalue weighted by atomic mass is 9.35. The number of hydrogen-bond donors (Lipinski definition) is 0. The second-order valence-electron chi connectivity index (χ2n) is 14.4. The third-order valence-corrected chi connectivity index (χ3v) is 11.3. The molecule has 266 valence electrons. The van der Waals surface area contributed by atoms with Crippen LogP contribution in [0.4, 0.5) is 17.1 Å². The lowest BCUT2D eigenvalue weighted by Gasteiger charge is -2.70. The molecule has 3 aromatic carbocycles. The van der Waals surface area contributed by atoms with E-state index in [1.807, 2.05) is 27.7 Å². The largest absolute Gasteiger partial charge is 0.458 e. The number of nitro groups is 3. The van der Waals surface area contributed by atoms with Gasteiger partial charge in [0.1, 0.15) is 18.3 Å². The van der Waals surface area contributed by atoms with E-state index in [1.54, 1.807) is 0 Å². The third kappa shape index (κ3) is 6.06. The molecule has 15 heteroatoms. The van der Waals surface area contributed by atoms with Crippen LogP contribution < -0.4 is 0 Å². The van der Waals surface area contributed by atoms with Gasteiger partial charge in [-0.15, -0.1) is 0 Å². The lowest BCUT2D eigenvalue weighted by molar-refractivity contribution is -0.385. The Kier molecular flexibility index (Phi) is 8.86. The van der Waals surface area contributed by atoms with Gasteiger partial charge in [0.05, 0.1) is 31.5 Å². The van der Waals surface area contributed by atoms with Crippen LogP contribution in [0.1, 0.15) is 71.6 Å². The van der Waals surface area contributed by atoms with E-state index in [2.05, 4.69) is 0 Å². The van der Waals surface area contributed by atoms with Crippen molar-refractivity contribution in [2.45, 2.75) is 58.8 Å². The van der Waals surface area contributed by atoms with Crippen LogP contribution in [0.15, 0.2) is 72.8 Å². The number of non-ortho nitro benzene ring substituents is 3. The van der Waals surface area contributed by atoms with Gasteiger partial charge in [-0.05, 0) is 60.6 Å². The molecular weight excluding hydrogens is 666 g/mol. The first kappa shape index (κ1) is 35.1. The Morgan fingerprint density at radius 2 is 0.941 bits per heavy atom. The molecule has 8 atom stereocenters. The van der Waals surface area contributed by atoms with Crippen LogP contribution in [0, 0.1) is 64.8 Å². The van der Waals surface area contributed by atoms with Gasteiger partial charge in [-0.1, -0.05) is 27.7 Å². The number of hydrogen-bond acceptors (Lipinski definition) is 12. The highest BCUT2D eigenvalue weighted by molar-refractivity contribution is 5.91. The van der Waals surface area contributed by atoms with Gasteiger partial charge in [-0.2, -0.15) is 0 Å². The van der Waals surface area contributed by atoms with Crippen molar-refractivity contribution < 1.29 is 43.4 Å². The number of nitro benzene ring substituents is 3. The molecule has 5 aliphatic carbocycles. The Balaban J connectivity index is 1.34. The van der Waals surface area contributed by atoms with Gasteiger partial charge in [0, 0.05) is 59.6 Å². The van der Waals surface area contributed by atoms with Gasteiger partial charge in [-0.3, -0.25) is 30.3 Å². The first-order chi connectivity index (χ1) is 24.0. The molecule has 3 aromatic rings. The molecule has 0 aliphatic heterocycles. The van der Waals surface area contributed by atoms with E-state index in [4.69, 9.17) is 14.2 Å². The fraction of sp³-hybridized carbons (Fsp3) is 0.417. The molecule has 4 bridgehead atoms. The summed E-state index contributed by atoms with van der Waals surface area (Å²) < 4.78 is 18.6. The van der Waals surface area contributed by atoms with Crippen LogP contribution in [0.2, 0.25) is 0 Å². The summed E-state index contributed by atoms with van der Waals surface area (Å²) in [5.41, 5.74) is -1.74. The minimum absolute atomic E-state index is 0.0383. The molecule has 0 N–H and O–H groups in total. The SMILES string of the molecule is C[C@H]1C[C@@H](OC(=O)c2ccc([N+](=O)[O-])cc2)[C@@H]2[C@H]3[C@H]1[C@@]2(C)[C@H](OC(=O)c1ccc([N+](=O)[O-])cc1)C[C@@H](OC(=O)c1ccc([N+](=O)[O-])cc1)C3(C)C. The second-order valence-corrected chi connectivity index (χ2v) is 14.4. The van der Waals surface area contributed by atoms with Gasteiger partial charge >= 0.3 is 17.9 Å². The third-order valence-electron chi connectivity index (χ3n) is 11.3. The summed E-state index contributed by atoms with van der Waals surface area (Å²) in [7, 11) is 0. The summed E-state index contributed by atoms with van der Waals surface area (Å²) in [6.45, 7) is 7.93. The first-order valence-electron chi connectivity index (χ1n) is 16.4. The van der Waals surface area contributed by atoms with Crippen LogP contribution in [0.25, 0.3) is 0 Å². The van der Waals surface area contributed by atoms with Crippen LogP contribution in [0.3, 0.4) is 0 Å². The molecule has 8 rings (SSSR count). The zero-order valence-corrected chi connectivity index (χ0v) is 28.1. The standard InChI is InChI=1S/C36H35N3O12/c1-19-17-26(49-32(40)20-5-11-23(12-6-20)37(43)44)30-31-29(19)36(30,4)28(51-34(42)22-9-15-25(16-10-22)39(47)48)18-27(35(31,2)3)50-33(41)21-7-13-24(14-8-21)38(45)46/h5-16,19,26-31H,17-18H2,1-4H3/t19-,26+,27+,28+,29-,30+,31+,36+/m0/s1. The summed E-state index contributed by atoms with van der Waals surface area (Å²) in [6.07, 6.45) is -1.73. The zero-order valence-electron chi connectivity index (χ0n) is 28.1. The van der Waals surface area contributed by atoms with E-state index < -0.39 is 61.8 Å². The van der Waals surface area contributed by atoms with Gasteiger partial charge in [0.25, 0.3) is 17.1 Å². The predicted molar refractivity (Wildman–Crippen MR) is 178 cm³/mol. The summed E-state index contributed by atoms with van der Waals surface area (Å²) >= 11 is 0. The molecule has 0 spiro atoms. The first-order valence-corrected chi connectivity index (χ1v) is 16.4. The van der Waals surface area contributed by atoms with Gasteiger partial charge in [0.2, 0.25) is 0 Å². The quantitative estimate of drug-likeness (QED) is 0.0985. The average molecular weight is 702 g/mol. The maximum absolute atomic E-state index is 13.6. The van der Waals surface area contributed by atoms with Crippen molar-refractivity contribution in [1.82, 2.24) is 0 Å². The normalized spacial score (nSPS) is 28.6. The van der Waals surface area contributed by atoms with Crippen LogP contribution in [0.5, 0.6) is 0 Å². The summed E-state index contributed by atoms with van der Waals surface area (Å²) in [6, 6.07) is 15.1. The smallest absolute Gasteiger partial charge is 0.338 e. The number of rotatable bonds is 9. The Bertz CT molecular complexity index is 1910. The maximum atomic E-state index is 13.6. The van der Waals surface area contributed by atoms with E-state index in [-0.39, 0.29) is 63.8 Å². The highest BCUT2D eigenvalue weighted by Gasteiger charge is 2.76. The van der Waals surface area contributed by atoms with Crippen molar-refractivity contribution in [3.8, 4) is 0 Å². The van der Waals surface area contributed by atoms with E-state index in [0.29, 0.717) is 6.42 Å². The van der Waals surface area contributed by atoms with Gasteiger partial charge in [-0.25, -0.2) is 14.4 Å². The van der Waals surface area contributed by atoms with Crippen molar-refractivity contribution in [3.63, 3.8) is 0 Å². The number of benzene rings is 3. The molecule has 0 unspecified atom stereocenters. The second kappa shape index (κ2) is 12.9. The van der Waals surface area contributed by atoms with Crippen molar-refractivity contribution >= 4 is 35.0 Å². The monoisotopic (exact) mass is 701 g/mol. The maximum Gasteiger partial charge on any atom is 0.338 e. The molecule has 0 heterocycles. The molecule has 51 heavy (non-hydrogen) atoms. The highest BCUT2D eigenvalue weighted by Crippen LogP contribution is 2.74. The van der Waals surface area contributed by atoms with E-state index in [0.717, 1.165) is 0 Å². The fourth-order valence-electron chi connectivity index (χ4n) is 8.94. The average Bonchev–Trinajstić information content (AvgIpc) is 3.20. The number of ether oxygens (including phenoxy) is 3. The number of esters is 3. The van der Waals surface area contributed by atoms with Crippen molar-refractivity contribution in [3.05, 3.63) is 120 Å². The number of nitrogens with zero attached hydrogens (tertiary/aromatic N) is 3. The lowest BCUT2D eigenvalue weighted by Crippen LogP contribution is -2.72.